The normalized spacial score (nSPS) is 11.3. The monoisotopic (exact) mass is 286 g/mol. The minimum absolute atomic E-state index is 0.0102. The van der Waals surface area contributed by atoms with Crippen LogP contribution in [0.5, 0.6) is 0 Å². The highest BCUT2D eigenvalue weighted by Gasteiger charge is 2.15. The second kappa shape index (κ2) is 6.65. The summed E-state index contributed by atoms with van der Waals surface area (Å²) in [5, 5.41) is 4.99. The van der Waals surface area contributed by atoms with Crippen molar-refractivity contribution in [3.63, 3.8) is 0 Å². The fourth-order valence-electron chi connectivity index (χ4n) is 1.57. The highest BCUT2D eigenvalue weighted by Crippen LogP contribution is 2.11. The van der Waals surface area contributed by atoms with Gasteiger partial charge in [-0.05, 0) is 31.2 Å². The van der Waals surface area contributed by atoms with Crippen LogP contribution in [0.4, 0.5) is 0 Å². The molecule has 0 bridgehead atoms. The van der Waals surface area contributed by atoms with Crippen LogP contribution < -0.4 is 5.14 Å². The van der Waals surface area contributed by atoms with Gasteiger partial charge in [-0.3, -0.25) is 4.79 Å². The van der Waals surface area contributed by atoms with Crippen LogP contribution >= 0.6 is 0 Å². The van der Waals surface area contributed by atoms with Gasteiger partial charge in [-0.1, -0.05) is 0 Å². The van der Waals surface area contributed by atoms with Crippen LogP contribution in [0.15, 0.2) is 29.2 Å². The van der Waals surface area contributed by atoms with Gasteiger partial charge in [-0.2, -0.15) is 0 Å². The van der Waals surface area contributed by atoms with Crippen LogP contribution in [0.2, 0.25) is 0 Å². The van der Waals surface area contributed by atoms with Crippen molar-refractivity contribution in [2.24, 2.45) is 5.14 Å². The molecular formula is C12H18N2O4S. The second-order valence-electron chi connectivity index (χ2n) is 3.95. The Morgan fingerprint density at radius 1 is 1.32 bits per heavy atom. The van der Waals surface area contributed by atoms with Gasteiger partial charge in [0, 0.05) is 25.8 Å². The number of hydrogen-bond donors (Lipinski definition) is 1. The van der Waals surface area contributed by atoms with Crippen molar-refractivity contribution in [2.45, 2.75) is 11.8 Å². The van der Waals surface area contributed by atoms with E-state index in [1.165, 1.54) is 24.3 Å². The Labute approximate surface area is 113 Å². The van der Waals surface area contributed by atoms with Crippen molar-refractivity contribution in [1.29, 1.82) is 0 Å². The molecule has 7 heteroatoms. The van der Waals surface area contributed by atoms with E-state index < -0.39 is 10.0 Å². The van der Waals surface area contributed by atoms with E-state index in [-0.39, 0.29) is 10.8 Å². The number of amides is 1. The maximum Gasteiger partial charge on any atom is 0.253 e. The zero-order valence-electron chi connectivity index (χ0n) is 11.0. The van der Waals surface area contributed by atoms with Gasteiger partial charge < -0.3 is 9.64 Å². The zero-order chi connectivity index (χ0) is 14.5. The largest absolute Gasteiger partial charge is 0.383 e. The van der Waals surface area contributed by atoms with Crippen molar-refractivity contribution in [2.75, 3.05) is 26.8 Å². The first kappa shape index (κ1) is 15.6. The Kier molecular flexibility index (Phi) is 5.46. The van der Waals surface area contributed by atoms with Crippen molar-refractivity contribution in [3.8, 4) is 0 Å². The number of carbonyl (C=O) groups is 1. The average Bonchev–Trinajstić information content (AvgIpc) is 2.38. The smallest absolute Gasteiger partial charge is 0.253 e. The van der Waals surface area contributed by atoms with Crippen LogP contribution in [0, 0.1) is 0 Å². The Morgan fingerprint density at radius 2 is 1.89 bits per heavy atom. The molecule has 0 atom stereocenters. The van der Waals surface area contributed by atoms with Gasteiger partial charge in [0.2, 0.25) is 10.0 Å². The molecule has 0 heterocycles. The lowest BCUT2D eigenvalue weighted by Gasteiger charge is -2.20. The summed E-state index contributed by atoms with van der Waals surface area (Å²) in [5.74, 6) is -0.166. The summed E-state index contributed by atoms with van der Waals surface area (Å²) in [6.07, 6.45) is 0. The molecule has 0 aliphatic heterocycles. The second-order valence-corrected chi connectivity index (χ2v) is 5.51. The Bertz CT molecular complexity index is 525. The van der Waals surface area contributed by atoms with E-state index in [2.05, 4.69) is 0 Å². The number of ether oxygens (including phenoxy) is 1. The minimum atomic E-state index is -3.73. The maximum atomic E-state index is 12.1. The predicted octanol–water partition coefficient (Wildman–Crippen LogP) is 0.443. The summed E-state index contributed by atoms with van der Waals surface area (Å²) in [6, 6.07) is 5.56. The Morgan fingerprint density at radius 3 is 2.32 bits per heavy atom. The predicted molar refractivity (Wildman–Crippen MR) is 71.3 cm³/mol. The lowest BCUT2D eigenvalue weighted by molar-refractivity contribution is 0.0706. The van der Waals surface area contributed by atoms with Crippen LogP contribution in [0.1, 0.15) is 17.3 Å². The fraction of sp³-hybridized carbons (Fsp3) is 0.417. The molecule has 106 valence electrons. The van der Waals surface area contributed by atoms with Crippen LogP contribution in [-0.4, -0.2) is 46.0 Å². The Balaban J connectivity index is 2.88. The summed E-state index contributed by atoms with van der Waals surface area (Å²) < 4.78 is 27.2. The molecule has 1 aromatic rings. The molecule has 1 rings (SSSR count). The van der Waals surface area contributed by atoms with Gasteiger partial charge in [0.15, 0.2) is 0 Å². The van der Waals surface area contributed by atoms with E-state index >= 15 is 0 Å². The first-order valence-electron chi connectivity index (χ1n) is 5.81. The fourth-order valence-corrected chi connectivity index (χ4v) is 2.09. The number of hydrogen-bond acceptors (Lipinski definition) is 4. The van der Waals surface area contributed by atoms with E-state index in [1.54, 1.807) is 12.0 Å². The molecule has 0 aliphatic rings. The zero-order valence-corrected chi connectivity index (χ0v) is 11.8. The first-order valence-corrected chi connectivity index (χ1v) is 7.36. The number of methoxy groups -OCH3 is 1. The van der Waals surface area contributed by atoms with Gasteiger partial charge >= 0.3 is 0 Å². The number of benzene rings is 1. The first-order chi connectivity index (χ1) is 8.90. The molecule has 6 nitrogen and oxygen atoms in total. The molecular weight excluding hydrogens is 268 g/mol. The SMILES string of the molecule is CCN(CCOC)C(=O)c1ccc(S(N)(=O)=O)cc1. The van der Waals surface area contributed by atoms with E-state index in [1.807, 2.05) is 6.92 Å². The molecule has 19 heavy (non-hydrogen) atoms. The van der Waals surface area contributed by atoms with Crippen molar-refractivity contribution >= 4 is 15.9 Å². The van der Waals surface area contributed by atoms with Gasteiger partial charge in [-0.15, -0.1) is 0 Å². The standard InChI is InChI=1S/C12H18N2O4S/c1-3-14(8-9-18-2)12(15)10-4-6-11(7-5-10)19(13,16)17/h4-7H,3,8-9H2,1-2H3,(H2,13,16,17). The van der Waals surface area contributed by atoms with E-state index in [4.69, 9.17) is 9.88 Å². The molecule has 1 aromatic carbocycles. The van der Waals surface area contributed by atoms with Gasteiger partial charge in [0.05, 0.1) is 11.5 Å². The minimum Gasteiger partial charge on any atom is -0.383 e. The number of primary sulfonamides is 1. The molecule has 0 radical (unpaired) electrons. The van der Waals surface area contributed by atoms with Crippen molar-refractivity contribution < 1.29 is 17.9 Å². The lowest BCUT2D eigenvalue weighted by atomic mass is 10.2. The van der Waals surface area contributed by atoms with Crippen molar-refractivity contribution in [1.82, 2.24) is 4.90 Å². The van der Waals surface area contributed by atoms with Crippen LogP contribution in [0.3, 0.4) is 0 Å². The number of nitrogens with two attached hydrogens (primary N) is 1. The number of sulfonamides is 1. The highest BCUT2D eigenvalue weighted by atomic mass is 32.2. The molecule has 0 saturated heterocycles. The molecule has 0 spiro atoms. The van der Waals surface area contributed by atoms with Gasteiger partial charge in [0.1, 0.15) is 0 Å². The summed E-state index contributed by atoms with van der Waals surface area (Å²) in [6.45, 7) is 3.36. The third-order valence-corrected chi connectivity index (χ3v) is 3.59. The Hall–Kier alpha value is -1.44. The molecule has 1 amide bonds. The van der Waals surface area contributed by atoms with E-state index in [0.717, 1.165) is 0 Å². The van der Waals surface area contributed by atoms with E-state index in [9.17, 15) is 13.2 Å². The average molecular weight is 286 g/mol. The van der Waals surface area contributed by atoms with Gasteiger partial charge in [0.25, 0.3) is 5.91 Å². The molecule has 0 aromatic heterocycles. The van der Waals surface area contributed by atoms with Crippen LogP contribution in [0.25, 0.3) is 0 Å². The molecule has 0 aliphatic carbocycles. The van der Waals surface area contributed by atoms with Gasteiger partial charge in [-0.25, -0.2) is 13.6 Å². The highest BCUT2D eigenvalue weighted by molar-refractivity contribution is 7.89. The summed E-state index contributed by atoms with van der Waals surface area (Å²) >= 11 is 0. The number of nitrogens with zero attached hydrogens (tertiary/aromatic N) is 1. The molecule has 0 unspecified atom stereocenters. The number of likely N-dealkylation sites (N-methyl/N-ethyl adjacent to an activating group) is 1. The molecule has 0 saturated carbocycles. The maximum absolute atomic E-state index is 12.1. The third-order valence-electron chi connectivity index (χ3n) is 2.66. The van der Waals surface area contributed by atoms with Crippen LogP contribution in [-0.2, 0) is 14.8 Å². The van der Waals surface area contributed by atoms with Crippen molar-refractivity contribution in [3.05, 3.63) is 29.8 Å². The third kappa shape index (κ3) is 4.30. The topological polar surface area (TPSA) is 89.7 Å². The molecule has 2 N–H and O–H groups in total. The molecule has 0 fully saturated rings. The summed E-state index contributed by atoms with van der Waals surface area (Å²) in [7, 11) is -2.16. The number of carbonyl (C=O) groups excluding carboxylic acids is 1. The summed E-state index contributed by atoms with van der Waals surface area (Å²) in [4.78, 5) is 13.7. The number of rotatable bonds is 6. The quantitative estimate of drug-likeness (QED) is 0.821. The lowest BCUT2D eigenvalue weighted by Crippen LogP contribution is -2.33. The summed E-state index contributed by atoms with van der Waals surface area (Å²) in [5.41, 5.74) is 0.422. The van der Waals surface area contributed by atoms with E-state index in [0.29, 0.717) is 25.3 Å².